The molecule has 3 nitrogen and oxygen atoms in total. The minimum absolute atomic E-state index is 0.326. The van der Waals surface area contributed by atoms with E-state index >= 15 is 0 Å². The van der Waals surface area contributed by atoms with Crippen LogP contribution in [0, 0.1) is 0 Å². The number of rotatable bonds is 5. The number of ether oxygens (including phenoxy) is 3. The monoisotopic (exact) mass is 294 g/mol. The number of benzene rings is 2. The van der Waals surface area contributed by atoms with Crippen LogP contribution in [0.1, 0.15) is 12.5 Å². The van der Waals surface area contributed by atoms with Crippen molar-refractivity contribution in [2.24, 2.45) is 0 Å². The van der Waals surface area contributed by atoms with Crippen LogP contribution in [0.4, 0.5) is 0 Å². The molecule has 0 saturated heterocycles. The summed E-state index contributed by atoms with van der Waals surface area (Å²) in [6.45, 7) is 1.85. The molecule has 0 spiro atoms. The Morgan fingerprint density at radius 3 is 2.10 bits per heavy atom. The van der Waals surface area contributed by atoms with Gasteiger partial charge in [0.15, 0.2) is 0 Å². The fourth-order valence-corrected chi connectivity index (χ4v) is 2.75. The minimum atomic E-state index is -0.949. The quantitative estimate of drug-likeness (QED) is 0.618. The third-order valence-electron chi connectivity index (χ3n) is 3.58. The van der Waals surface area contributed by atoms with Gasteiger partial charge in [0.05, 0.1) is 12.5 Å². The third-order valence-corrected chi connectivity index (χ3v) is 3.87. The summed E-state index contributed by atoms with van der Waals surface area (Å²) in [6, 6.07) is 11.9. The van der Waals surface area contributed by atoms with Crippen LogP contribution >= 0.6 is 11.6 Å². The largest absolute Gasteiger partial charge is 0.497 e. The van der Waals surface area contributed by atoms with E-state index in [1.54, 1.807) is 21.3 Å². The molecule has 2 rings (SSSR count). The maximum atomic E-state index is 6.26. The first-order chi connectivity index (χ1) is 9.57. The van der Waals surface area contributed by atoms with Crippen molar-refractivity contribution in [3.05, 3.63) is 42.0 Å². The van der Waals surface area contributed by atoms with Crippen LogP contribution in [0.5, 0.6) is 5.75 Å². The predicted octanol–water partition coefficient (Wildman–Crippen LogP) is 3.92. The average Bonchev–Trinajstić information content (AvgIpc) is 2.48. The van der Waals surface area contributed by atoms with Crippen LogP contribution in [0.2, 0.25) is 0 Å². The maximum Gasteiger partial charge on any atom is 0.211 e. The third kappa shape index (κ3) is 2.49. The van der Waals surface area contributed by atoms with Gasteiger partial charge in [0.1, 0.15) is 5.75 Å². The molecule has 0 N–H and O–H groups in total. The molecule has 0 unspecified atom stereocenters. The summed E-state index contributed by atoms with van der Waals surface area (Å²) < 4.78 is 16.3. The molecule has 1 atom stereocenters. The Morgan fingerprint density at radius 1 is 0.950 bits per heavy atom. The van der Waals surface area contributed by atoms with Crippen molar-refractivity contribution >= 4 is 22.4 Å². The van der Waals surface area contributed by atoms with Gasteiger partial charge >= 0.3 is 0 Å². The van der Waals surface area contributed by atoms with E-state index in [4.69, 9.17) is 25.8 Å². The maximum absolute atomic E-state index is 6.26. The van der Waals surface area contributed by atoms with Crippen molar-refractivity contribution in [2.45, 2.75) is 18.1 Å². The predicted molar refractivity (Wildman–Crippen MR) is 81.5 cm³/mol. The molecule has 0 bridgehead atoms. The first kappa shape index (κ1) is 15.1. The van der Waals surface area contributed by atoms with Gasteiger partial charge in [-0.15, -0.1) is 11.6 Å². The molecule has 108 valence electrons. The molecule has 0 saturated carbocycles. The van der Waals surface area contributed by atoms with Crippen LogP contribution in [0.15, 0.2) is 36.4 Å². The lowest BCUT2D eigenvalue weighted by Gasteiger charge is -2.33. The second kappa shape index (κ2) is 6.00. The Bertz CT molecular complexity index is 591. The second-order valence-electron chi connectivity index (χ2n) is 4.62. The fraction of sp³-hybridized carbons (Fsp3) is 0.375. The lowest BCUT2D eigenvalue weighted by atomic mass is 9.98. The van der Waals surface area contributed by atoms with E-state index in [0.29, 0.717) is 0 Å². The van der Waals surface area contributed by atoms with Crippen molar-refractivity contribution in [3.63, 3.8) is 0 Å². The summed E-state index contributed by atoms with van der Waals surface area (Å²) in [5.41, 5.74) is 0.891. The van der Waals surface area contributed by atoms with Crippen LogP contribution < -0.4 is 4.74 Å². The molecule has 4 heteroatoms. The van der Waals surface area contributed by atoms with Crippen LogP contribution in [0.25, 0.3) is 10.8 Å². The molecule has 0 heterocycles. The number of hydrogen-bond donors (Lipinski definition) is 0. The molecule has 0 aromatic heterocycles. The van der Waals surface area contributed by atoms with Gasteiger partial charge in [-0.1, -0.05) is 18.2 Å². The molecule has 0 aliphatic rings. The van der Waals surface area contributed by atoms with Gasteiger partial charge in [0.25, 0.3) is 0 Å². The summed E-state index contributed by atoms with van der Waals surface area (Å²) in [6.07, 6.45) is 0. The van der Waals surface area contributed by atoms with Gasteiger partial charge in [0.2, 0.25) is 5.79 Å². The average molecular weight is 295 g/mol. The molecule has 0 radical (unpaired) electrons. The van der Waals surface area contributed by atoms with Gasteiger partial charge in [-0.2, -0.15) is 0 Å². The molecular formula is C16H19ClO3. The topological polar surface area (TPSA) is 27.7 Å². The Hall–Kier alpha value is -1.29. The highest BCUT2D eigenvalue weighted by atomic mass is 35.5. The van der Waals surface area contributed by atoms with E-state index in [-0.39, 0.29) is 5.38 Å². The van der Waals surface area contributed by atoms with E-state index in [1.807, 2.05) is 43.3 Å². The van der Waals surface area contributed by atoms with E-state index < -0.39 is 5.79 Å². The lowest BCUT2D eigenvalue weighted by Crippen LogP contribution is -2.38. The molecule has 0 aliphatic carbocycles. The van der Waals surface area contributed by atoms with Gasteiger partial charge in [-0.3, -0.25) is 0 Å². The molecule has 2 aromatic carbocycles. The number of halogens is 1. The molecule has 20 heavy (non-hydrogen) atoms. The Morgan fingerprint density at radius 2 is 1.55 bits per heavy atom. The van der Waals surface area contributed by atoms with E-state index in [9.17, 15) is 0 Å². The second-order valence-corrected chi connectivity index (χ2v) is 5.27. The first-order valence-electron chi connectivity index (χ1n) is 6.40. The van der Waals surface area contributed by atoms with Crippen molar-refractivity contribution in [3.8, 4) is 5.75 Å². The zero-order chi connectivity index (χ0) is 14.8. The van der Waals surface area contributed by atoms with Gasteiger partial charge in [0, 0.05) is 19.8 Å². The number of alkyl halides is 1. The van der Waals surface area contributed by atoms with Crippen molar-refractivity contribution < 1.29 is 14.2 Å². The van der Waals surface area contributed by atoms with Crippen molar-refractivity contribution in [1.82, 2.24) is 0 Å². The van der Waals surface area contributed by atoms with Crippen LogP contribution in [-0.2, 0) is 15.3 Å². The number of methoxy groups -OCH3 is 3. The Labute approximate surface area is 124 Å². The SMILES string of the molecule is COc1ccc2cc(C(OC)(OC)[C@H](C)Cl)ccc2c1. The molecule has 0 aliphatic heterocycles. The number of hydrogen-bond acceptors (Lipinski definition) is 3. The Kier molecular flexibility index (Phi) is 4.53. The smallest absolute Gasteiger partial charge is 0.211 e. The van der Waals surface area contributed by atoms with Crippen LogP contribution in [0.3, 0.4) is 0 Å². The van der Waals surface area contributed by atoms with Gasteiger partial charge in [-0.25, -0.2) is 0 Å². The van der Waals surface area contributed by atoms with E-state index in [0.717, 1.165) is 22.1 Å². The molecule has 0 amide bonds. The van der Waals surface area contributed by atoms with Gasteiger partial charge < -0.3 is 14.2 Å². The van der Waals surface area contributed by atoms with E-state index in [2.05, 4.69) is 0 Å². The zero-order valence-electron chi connectivity index (χ0n) is 12.1. The standard InChI is InChI=1S/C16H19ClO3/c1-11(17)16(19-3,20-4)14-7-5-13-10-15(18-2)8-6-12(13)9-14/h5-11H,1-4H3/t11-/m0/s1. The highest BCUT2D eigenvalue weighted by Gasteiger charge is 2.37. The normalized spacial score (nSPS) is 13.4. The minimum Gasteiger partial charge on any atom is -0.497 e. The fourth-order valence-electron chi connectivity index (χ4n) is 2.44. The molecular weight excluding hydrogens is 276 g/mol. The highest BCUT2D eigenvalue weighted by Crippen LogP contribution is 2.35. The molecule has 2 aromatic rings. The summed E-state index contributed by atoms with van der Waals surface area (Å²) >= 11 is 6.26. The Balaban J connectivity index is 2.55. The summed E-state index contributed by atoms with van der Waals surface area (Å²) in [7, 11) is 4.85. The molecule has 0 fully saturated rings. The summed E-state index contributed by atoms with van der Waals surface area (Å²) in [5, 5.41) is 1.85. The zero-order valence-corrected chi connectivity index (χ0v) is 12.9. The van der Waals surface area contributed by atoms with Crippen LogP contribution in [-0.4, -0.2) is 26.7 Å². The summed E-state index contributed by atoms with van der Waals surface area (Å²) in [5.74, 6) is -0.115. The van der Waals surface area contributed by atoms with Crippen molar-refractivity contribution in [2.75, 3.05) is 21.3 Å². The highest BCUT2D eigenvalue weighted by molar-refractivity contribution is 6.21. The first-order valence-corrected chi connectivity index (χ1v) is 6.83. The summed E-state index contributed by atoms with van der Waals surface area (Å²) in [4.78, 5) is 0. The van der Waals surface area contributed by atoms with Gasteiger partial charge in [-0.05, 0) is 35.9 Å². The van der Waals surface area contributed by atoms with Crippen molar-refractivity contribution in [1.29, 1.82) is 0 Å². The number of fused-ring (bicyclic) bond motifs is 1. The van der Waals surface area contributed by atoms with E-state index in [1.165, 1.54) is 0 Å². The lowest BCUT2D eigenvalue weighted by molar-refractivity contribution is -0.214.